The first-order valence-corrected chi connectivity index (χ1v) is 8.94. The van der Waals surface area contributed by atoms with Gasteiger partial charge in [0.2, 0.25) is 11.8 Å². The van der Waals surface area contributed by atoms with Crippen LogP contribution in [0.3, 0.4) is 0 Å². The molecule has 2 aliphatic rings. The Morgan fingerprint density at radius 3 is 2.72 bits per heavy atom. The second-order valence-corrected chi connectivity index (χ2v) is 7.02. The van der Waals surface area contributed by atoms with Crippen LogP contribution in [0.15, 0.2) is 24.3 Å². The zero-order valence-electron chi connectivity index (χ0n) is 15.0. The zero-order chi connectivity index (χ0) is 17.8. The van der Waals surface area contributed by atoms with E-state index in [-0.39, 0.29) is 17.7 Å². The van der Waals surface area contributed by atoms with Gasteiger partial charge in [-0.15, -0.1) is 0 Å². The Balaban J connectivity index is 1.55. The van der Waals surface area contributed by atoms with Crippen molar-refractivity contribution in [2.45, 2.75) is 19.4 Å². The summed E-state index contributed by atoms with van der Waals surface area (Å²) in [5, 5.41) is 3.18. The summed E-state index contributed by atoms with van der Waals surface area (Å²) < 4.78 is 5.16. The molecule has 3 rings (SSSR count). The van der Waals surface area contributed by atoms with Crippen molar-refractivity contribution in [3.8, 4) is 5.75 Å². The first-order chi connectivity index (χ1) is 12.1. The van der Waals surface area contributed by atoms with Gasteiger partial charge in [0.05, 0.1) is 13.0 Å². The number of hydrogen-bond acceptors (Lipinski definition) is 4. The minimum absolute atomic E-state index is 0.0696. The van der Waals surface area contributed by atoms with Gasteiger partial charge in [0.15, 0.2) is 0 Å². The summed E-state index contributed by atoms with van der Waals surface area (Å²) in [5.41, 5.74) is 1.05. The highest BCUT2D eigenvalue weighted by atomic mass is 16.5. The summed E-state index contributed by atoms with van der Waals surface area (Å²) in [6.45, 7) is 3.64. The maximum absolute atomic E-state index is 12.7. The van der Waals surface area contributed by atoms with E-state index < -0.39 is 0 Å². The summed E-state index contributed by atoms with van der Waals surface area (Å²) in [4.78, 5) is 28.8. The fourth-order valence-corrected chi connectivity index (χ4v) is 3.79. The molecule has 0 radical (unpaired) electrons. The number of amides is 2. The standard InChI is InChI=1S/C19H27N3O3/c1-20-10-15-7-8-21(12-15)19(24)16-9-18(23)22(13-16)11-14-3-5-17(25-2)6-4-14/h3-6,15-16,20H,7-13H2,1-2H3. The Labute approximate surface area is 149 Å². The molecule has 0 bridgehead atoms. The first kappa shape index (κ1) is 17.7. The van der Waals surface area contributed by atoms with Crippen LogP contribution in [0.2, 0.25) is 0 Å². The number of carbonyl (C=O) groups excluding carboxylic acids is 2. The van der Waals surface area contributed by atoms with Gasteiger partial charge < -0.3 is 19.9 Å². The fourth-order valence-electron chi connectivity index (χ4n) is 3.79. The van der Waals surface area contributed by atoms with Crippen LogP contribution in [-0.4, -0.2) is 62.0 Å². The second kappa shape index (κ2) is 7.87. The van der Waals surface area contributed by atoms with Crippen LogP contribution in [0.1, 0.15) is 18.4 Å². The van der Waals surface area contributed by atoms with E-state index >= 15 is 0 Å². The quantitative estimate of drug-likeness (QED) is 0.839. The highest BCUT2D eigenvalue weighted by molar-refractivity contribution is 5.89. The number of rotatable bonds is 6. The molecule has 25 heavy (non-hydrogen) atoms. The van der Waals surface area contributed by atoms with Gasteiger partial charge in [0.25, 0.3) is 0 Å². The molecule has 1 aromatic carbocycles. The molecule has 2 amide bonds. The third kappa shape index (κ3) is 4.12. The van der Waals surface area contributed by atoms with Gasteiger partial charge in [-0.1, -0.05) is 12.1 Å². The molecule has 2 fully saturated rings. The number of nitrogens with one attached hydrogen (secondary N) is 1. The van der Waals surface area contributed by atoms with Gasteiger partial charge in [-0.25, -0.2) is 0 Å². The van der Waals surface area contributed by atoms with E-state index in [1.165, 1.54) is 0 Å². The van der Waals surface area contributed by atoms with Gasteiger partial charge in [-0.3, -0.25) is 9.59 Å². The number of carbonyl (C=O) groups is 2. The zero-order valence-corrected chi connectivity index (χ0v) is 15.0. The van der Waals surface area contributed by atoms with E-state index in [1.54, 1.807) is 12.0 Å². The maximum atomic E-state index is 12.7. The number of hydrogen-bond donors (Lipinski definition) is 1. The second-order valence-electron chi connectivity index (χ2n) is 7.02. The molecule has 0 aliphatic carbocycles. The van der Waals surface area contributed by atoms with Crippen LogP contribution in [0, 0.1) is 11.8 Å². The molecule has 2 unspecified atom stereocenters. The molecule has 6 nitrogen and oxygen atoms in total. The number of ether oxygens (including phenoxy) is 1. The van der Waals surface area contributed by atoms with Gasteiger partial charge in [-0.05, 0) is 43.6 Å². The van der Waals surface area contributed by atoms with E-state index in [9.17, 15) is 9.59 Å². The monoisotopic (exact) mass is 345 g/mol. The number of benzene rings is 1. The molecule has 136 valence electrons. The molecular weight excluding hydrogens is 318 g/mol. The molecule has 1 N–H and O–H groups in total. The van der Waals surface area contributed by atoms with Gasteiger partial charge >= 0.3 is 0 Å². The highest BCUT2D eigenvalue weighted by Gasteiger charge is 2.38. The maximum Gasteiger partial charge on any atom is 0.228 e. The largest absolute Gasteiger partial charge is 0.497 e. The molecule has 1 aromatic rings. The van der Waals surface area contributed by atoms with Crippen molar-refractivity contribution in [2.75, 3.05) is 40.3 Å². The summed E-state index contributed by atoms with van der Waals surface area (Å²) >= 11 is 0. The van der Waals surface area contributed by atoms with Crippen molar-refractivity contribution in [3.05, 3.63) is 29.8 Å². The van der Waals surface area contributed by atoms with E-state index in [2.05, 4.69) is 5.32 Å². The average Bonchev–Trinajstić information content (AvgIpc) is 3.23. The van der Waals surface area contributed by atoms with E-state index in [0.29, 0.717) is 25.4 Å². The van der Waals surface area contributed by atoms with Crippen molar-refractivity contribution >= 4 is 11.8 Å². The molecule has 2 atom stereocenters. The van der Waals surface area contributed by atoms with E-state index in [1.807, 2.05) is 36.2 Å². The molecule has 2 aliphatic heterocycles. The SMILES string of the molecule is CNCC1CCN(C(=O)C2CC(=O)N(Cc3ccc(OC)cc3)C2)C1. The van der Waals surface area contributed by atoms with Crippen LogP contribution in [-0.2, 0) is 16.1 Å². The Hall–Kier alpha value is -2.08. The van der Waals surface area contributed by atoms with Crippen molar-refractivity contribution in [2.24, 2.45) is 11.8 Å². The molecule has 2 saturated heterocycles. The Morgan fingerprint density at radius 1 is 1.28 bits per heavy atom. The molecular formula is C19H27N3O3. The van der Waals surface area contributed by atoms with Gasteiger partial charge in [0.1, 0.15) is 5.75 Å². The van der Waals surface area contributed by atoms with Crippen LogP contribution >= 0.6 is 0 Å². The van der Waals surface area contributed by atoms with Gasteiger partial charge in [-0.2, -0.15) is 0 Å². The lowest BCUT2D eigenvalue weighted by Gasteiger charge is -2.21. The van der Waals surface area contributed by atoms with Crippen molar-refractivity contribution in [3.63, 3.8) is 0 Å². The number of nitrogens with zero attached hydrogens (tertiary/aromatic N) is 2. The molecule has 6 heteroatoms. The summed E-state index contributed by atoms with van der Waals surface area (Å²) in [5.74, 6) is 1.35. The van der Waals surface area contributed by atoms with Crippen molar-refractivity contribution in [1.29, 1.82) is 0 Å². The number of likely N-dealkylation sites (tertiary alicyclic amines) is 2. The van der Waals surface area contributed by atoms with E-state index in [0.717, 1.165) is 37.4 Å². The third-order valence-corrected chi connectivity index (χ3v) is 5.19. The fraction of sp³-hybridized carbons (Fsp3) is 0.579. The molecule has 0 aromatic heterocycles. The molecule has 0 spiro atoms. The lowest BCUT2D eigenvalue weighted by Crippen LogP contribution is -2.36. The Morgan fingerprint density at radius 2 is 2.04 bits per heavy atom. The summed E-state index contributed by atoms with van der Waals surface area (Å²) in [6, 6.07) is 7.71. The van der Waals surface area contributed by atoms with Crippen LogP contribution in [0.5, 0.6) is 5.75 Å². The molecule has 2 heterocycles. The van der Waals surface area contributed by atoms with Crippen molar-refractivity contribution < 1.29 is 14.3 Å². The minimum Gasteiger partial charge on any atom is -0.497 e. The predicted octanol–water partition coefficient (Wildman–Crippen LogP) is 1.11. The topological polar surface area (TPSA) is 61.9 Å². The predicted molar refractivity (Wildman–Crippen MR) is 95.1 cm³/mol. The number of methoxy groups -OCH3 is 1. The Kier molecular flexibility index (Phi) is 5.58. The average molecular weight is 345 g/mol. The highest BCUT2D eigenvalue weighted by Crippen LogP contribution is 2.25. The van der Waals surface area contributed by atoms with Crippen LogP contribution < -0.4 is 10.1 Å². The first-order valence-electron chi connectivity index (χ1n) is 8.94. The van der Waals surface area contributed by atoms with Crippen LogP contribution in [0.25, 0.3) is 0 Å². The third-order valence-electron chi connectivity index (χ3n) is 5.19. The summed E-state index contributed by atoms with van der Waals surface area (Å²) in [6.07, 6.45) is 1.38. The Bertz CT molecular complexity index is 617. The van der Waals surface area contributed by atoms with Crippen LogP contribution in [0.4, 0.5) is 0 Å². The normalized spacial score (nSPS) is 23.4. The lowest BCUT2D eigenvalue weighted by atomic mass is 10.1. The van der Waals surface area contributed by atoms with Crippen molar-refractivity contribution in [1.82, 2.24) is 15.1 Å². The van der Waals surface area contributed by atoms with Gasteiger partial charge in [0, 0.05) is 32.6 Å². The molecule has 0 saturated carbocycles. The summed E-state index contributed by atoms with van der Waals surface area (Å²) in [7, 11) is 3.58. The smallest absolute Gasteiger partial charge is 0.228 e. The minimum atomic E-state index is -0.195. The van der Waals surface area contributed by atoms with E-state index in [4.69, 9.17) is 4.74 Å². The lowest BCUT2D eigenvalue weighted by molar-refractivity contribution is -0.135.